The largest absolute Gasteiger partial charge is 0.497 e. The molecule has 148 valence electrons. The summed E-state index contributed by atoms with van der Waals surface area (Å²) in [5, 5.41) is 14.3. The van der Waals surface area contributed by atoms with E-state index in [0.717, 1.165) is 0 Å². The smallest absolute Gasteiger partial charge is 0.412 e. The van der Waals surface area contributed by atoms with Crippen molar-refractivity contribution in [3.8, 4) is 5.75 Å². The van der Waals surface area contributed by atoms with Gasteiger partial charge in [0.05, 0.1) is 24.0 Å². The molecule has 2 aromatic rings. The van der Waals surface area contributed by atoms with E-state index in [9.17, 15) is 19.5 Å². The highest BCUT2D eigenvalue weighted by molar-refractivity contribution is 6.07. The van der Waals surface area contributed by atoms with Gasteiger partial charge in [-0.05, 0) is 63.2 Å². The summed E-state index contributed by atoms with van der Waals surface area (Å²) >= 11 is 0. The van der Waals surface area contributed by atoms with Crippen molar-refractivity contribution in [1.29, 1.82) is 0 Å². The van der Waals surface area contributed by atoms with Crippen molar-refractivity contribution in [2.45, 2.75) is 26.4 Å². The Balaban J connectivity index is 2.28. The maximum atomic E-state index is 12.5. The minimum atomic E-state index is -1.16. The van der Waals surface area contributed by atoms with Crippen LogP contribution in [0.3, 0.4) is 0 Å². The van der Waals surface area contributed by atoms with E-state index in [1.54, 1.807) is 45.0 Å². The molecule has 3 N–H and O–H groups in total. The summed E-state index contributed by atoms with van der Waals surface area (Å²) in [7, 11) is 1.51. The third-order valence-corrected chi connectivity index (χ3v) is 3.50. The Morgan fingerprint density at radius 1 is 0.893 bits per heavy atom. The molecule has 0 heterocycles. The zero-order chi connectivity index (χ0) is 20.9. The van der Waals surface area contributed by atoms with Crippen LogP contribution in [0.15, 0.2) is 42.5 Å². The summed E-state index contributed by atoms with van der Waals surface area (Å²) in [6, 6.07) is 10.3. The number of carboxylic acid groups (broad SMARTS) is 1. The summed E-state index contributed by atoms with van der Waals surface area (Å²) in [5.41, 5.74) is -0.0744. The van der Waals surface area contributed by atoms with E-state index in [-0.39, 0.29) is 16.9 Å². The zero-order valence-corrected chi connectivity index (χ0v) is 16.0. The zero-order valence-electron chi connectivity index (χ0n) is 16.0. The van der Waals surface area contributed by atoms with E-state index in [4.69, 9.17) is 9.47 Å². The highest BCUT2D eigenvalue weighted by atomic mass is 16.6. The maximum absolute atomic E-state index is 12.5. The molecule has 0 fully saturated rings. The van der Waals surface area contributed by atoms with Crippen LogP contribution in [0.25, 0.3) is 0 Å². The van der Waals surface area contributed by atoms with E-state index in [0.29, 0.717) is 11.3 Å². The van der Waals surface area contributed by atoms with Gasteiger partial charge in [0.1, 0.15) is 11.4 Å². The third-order valence-electron chi connectivity index (χ3n) is 3.50. The Morgan fingerprint density at radius 3 is 2.04 bits per heavy atom. The molecule has 28 heavy (non-hydrogen) atoms. The highest BCUT2D eigenvalue weighted by Crippen LogP contribution is 2.25. The molecule has 8 nitrogen and oxygen atoms in total. The fraction of sp³-hybridized carbons (Fsp3) is 0.250. The number of rotatable bonds is 5. The van der Waals surface area contributed by atoms with E-state index in [1.165, 1.54) is 25.3 Å². The number of carboxylic acids is 1. The molecule has 8 heteroatoms. The van der Waals surface area contributed by atoms with Crippen LogP contribution >= 0.6 is 0 Å². The Bertz CT molecular complexity index is 885. The van der Waals surface area contributed by atoms with Crippen LogP contribution in [-0.2, 0) is 4.74 Å². The van der Waals surface area contributed by atoms with Gasteiger partial charge in [-0.1, -0.05) is 0 Å². The number of nitrogens with one attached hydrogen (secondary N) is 2. The van der Waals surface area contributed by atoms with Gasteiger partial charge in [-0.15, -0.1) is 0 Å². The van der Waals surface area contributed by atoms with Gasteiger partial charge in [-0.3, -0.25) is 10.1 Å². The number of benzene rings is 2. The number of hydrogen-bond donors (Lipinski definition) is 3. The van der Waals surface area contributed by atoms with Gasteiger partial charge in [-0.25, -0.2) is 9.59 Å². The van der Waals surface area contributed by atoms with Crippen molar-refractivity contribution >= 4 is 29.3 Å². The topological polar surface area (TPSA) is 114 Å². The highest BCUT2D eigenvalue weighted by Gasteiger charge is 2.19. The lowest BCUT2D eigenvalue weighted by Gasteiger charge is -2.20. The first-order valence-corrected chi connectivity index (χ1v) is 8.42. The molecular formula is C20H22N2O6. The SMILES string of the molecule is COc1ccc(C(=O)Nc2cc(C(=O)O)ccc2NC(=O)OC(C)(C)C)cc1. The van der Waals surface area contributed by atoms with Gasteiger partial charge >= 0.3 is 12.1 Å². The van der Waals surface area contributed by atoms with Crippen LogP contribution in [-0.4, -0.2) is 35.8 Å². The number of aromatic carboxylic acids is 1. The standard InChI is InChI=1S/C20H22N2O6/c1-20(2,3)28-19(26)22-15-10-7-13(18(24)25)11-16(15)21-17(23)12-5-8-14(27-4)9-6-12/h5-11H,1-4H3,(H,21,23)(H,22,26)(H,24,25). The molecule has 0 bridgehead atoms. The number of ether oxygens (including phenoxy) is 2. The molecule has 0 aromatic heterocycles. The minimum absolute atomic E-state index is 0.0419. The second-order valence-corrected chi connectivity index (χ2v) is 6.88. The molecule has 0 aliphatic carbocycles. The lowest BCUT2D eigenvalue weighted by atomic mass is 10.1. The van der Waals surface area contributed by atoms with Crippen LogP contribution in [0.2, 0.25) is 0 Å². The molecular weight excluding hydrogens is 364 g/mol. The Hall–Kier alpha value is -3.55. The monoisotopic (exact) mass is 386 g/mol. The van der Waals surface area contributed by atoms with Gasteiger partial charge in [0.25, 0.3) is 5.91 Å². The number of carbonyl (C=O) groups excluding carboxylic acids is 2. The molecule has 0 atom stereocenters. The number of methoxy groups -OCH3 is 1. The van der Waals surface area contributed by atoms with Gasteiger partial charge in [-0.2, -0.15) is 0 Å². The second kappa shape index (κ2) is 8.43. The molecule has 2 rings (SSSR count). The van der Waals surface area contributed by atoms with Crippen LogP contribution in [0.5, 0.6) is 5.75 Å². The van der Waals surface area contributed by atoms with Crippen molar-refractivity contribution < 1.29 is 29.0 Å². The Kier molecular flexibility index (Phi) is 6.25. The number of carbonyl (C=O) groups is 3. The predicted octanol–water partition coefficient (Wildman–Crippen LogP) is 3.99. The molecule has 0 radical (unpaired) electrons. The molecule has 0 aliphatic rings. The quantitative estimate of drug-likeness (QED) is 0.716. The Morgan fingerprint density at radius 2 is 1.50 bits per heavy atom. The lowest BCUT2D eigenvalue weighted by molar-refractivity contribution is 0.0634. The first-order valence-electron chi connectivity index (χ1n) is 8.42. The van der Waals surface area contributed by atoms with Crippen molar-refractivity contribution in [1.82, 2.24) is 0 Å². The van der Waals surface area contributed by atoms with Crippen LogP contribution in [0, 0.1) is 0 Å². The van der Waals surface area contributed by atoms with Crippen molar-refractivity contribution in [2.24, 2.45) is 0 Å². The van der Waals surface area contributed by atoms with E-state index >= 15 is 0 Å². The fourth-order valence-electron chi connectivity index (χ4n) is 2.24. The molecule has 0 spiro atoms. The summed E-state index contributed by atoms with van der Waals surface area (Å²) in [6.45, 7) is 5.14. The molecule has 0 saturated carbocycles. The summed E-state index contributed by atoms with van der Waals surface area (Å²) in [6.07, 6.45) is -0.726. The number of anilines is 2. The summed E-state index contributed by atoms with van der Waals surface area (Å²) < 4.78 is 10.3. The van der Waals surface area contributed by atoms with Crippen LogP contribution in [0.1, 0.15) is 41.5 Å². The molecule has 0 saturated heterocycles. The predicted molar refractivity (Wildman–Crippen MR) is 104 cm³/mol. The van der Waals surface area contributed by atoms with Crippen LogP contribution < -0.4 is 15.4 Å². The normalized spacial score (nSPS) is 10.7. The van der Waals surface area contributed by atoms with Gasteiger partial charge in [0.2, 0.25) is 0 Å². The van der Waals surface area contributed by atoms with Gasteiger partial charge < -0.3 is 19.9 Å². The summed E-state index contributed by atoms with van der Waals surface area (Å²) in [5.74, 6) is -1.04. The van der Waals surface area contributed by atoms with Crippen LogP contribution in [0.4, 0.5) is 16.2 Å². The van der Waals surface area contributed by atoms with E-state index in [1.807, 2.05) is 0 Å². The van der Waals surface area contributed by atoms with Crippen molar-refractivity contribution in [3.05, 3.63) is 53.6 Å². The lowest BCUT2D eigenvalue weighted by Crippen LogP contribution is -2.27. The molecule has 0 aliphatic heterocycles. The second-order valence-electron chi connectivity index (χ2n) is 6.88. The fourth-order valence-corrected chi connectivity index (χ4v) is 2.24. The average molecular weight is 386 g/mol. The molecule has 0 unspecified atom stereocenters. The van der Waals surface area contributed by atoms with Crippen molar-refractivity contribution in [2.75, 3.05) is 17.7 Å². The minimum Gasteiger partial charge on any atom is -0.497 e. The number of hydrogen-bond acceptors (Lipinski definition) is 5. The van der Waals surface area contributed by atoms with Gasteiger partial charge in [0.15, 0.2) is 0 Å². The average Bonchev–Trinajstić information content (AvgIpc) is 2.61. The molecule has 2 aromatic carbocycles. The maximum Gasteiger partial charge on any atom is 0.412 e. The molecule has 2 amide bonds. The van der Waals surface area contributed by atoms with E-state index in [2.05, 4.69) is 10.6 Å². The Labute approximate surface area is 162 Å². The summed E-state index contributed by atoms with van der Waals surface area (Å²) in [4.78, 5) is 35.8. The van der Waals surface area contributed by atoms with Gasteiger partial charge in [0, 0.05) is 5.56 Å². The van der Waals surface area contributed by atoms with E-state index < -0.39 is 23.6 Å². The van der Waals surface area contributed by atoms with Crippen molar-refractivity contribution in [3.63, 3.8) is 0 Å². The third kappa shape index (κ3) is 5.73. The first kappa shape index (κ1) is 20.8. The first-order chi connectivity index (χ1) is 13.1. The number of amides is 2.